The number of anilines is 1. The van der Waals surface area contributed by atoms with Crippen molar-refractivity contribution in [3.63, 3.8) is 0 Å². The topological polar surface area (TPSA) is 46.1 Å². The van der Waals surface area contributed by atoms with Crippen molar-refractivity contribution in [2.45, 2.75) is 20.0 Å². The maximum atomic E-state index is 12.0. The zero-order chi connectivity index (χ0) is 15.4. The lowest BCUT2D eigenvalue weighted by atomic mass is 10.2. The number of carbonyl (C=O) groups excluding carboxylic acids is 1. The second-order valence-corrected chi connectivity index (χ2v) is 5.17. The minimum atomic E-state index is -0.196. The van der Waals surface area contributed by atoms with E-state index in [4.69, 9.17) is 0 Å². The zero-order valence-corrected chi connectivity index (χ0v) is 12.5. The Morgan fingerprint density at radius 2 is 1.91 bits per heavy atom. The highest BCUT2D eigenvalue weighted by Crippen LogP contribution is 2.20. The van der Waals surface area contributed by atoms with Crippen LogP contribution in [0.4, 0.5) is 10.5 Å². The number of amides is 2. The van der Waals surface area contributed by atoms with Crippen molar-refractivity contribution in [1.82, 2.24) is 9.88 Å². The lowest BCUT2D eigenvalue weighted by Crippen LogP contribution is -2.28. The molecule has 0 unspecified atom stereocenters. The van der Waals surface area contributed by atoms with E-state index in [2.05, 4.69) is 34.4 Å². The fourth-order valence-electron chi connectivity index (χ4n) is 2.49. The van der Waals surface area contributed by atoms with Crippen molar-refractivity contribution in [2.75, 3.05) is 5.32 Å². The molecule has 0 radical (unpaired) electrons. The molecule has 0 fully saturated rings. The molecule has 3 aromatic rings. The number of nitrogens with zero attached hydrogens (tertiary/aromatic N) is 1. The molecule has 22 heavy (non-hydrogen) atoms. The van der Waals surface area contributed by atoms with Crippen LogP contribution >= 0.6 is 0 Å². The number of nitrogens with one attached hydrogen (secondary N) is 2. The number of benzene rings is 2. The summed E-state index contributed by atoms with van der Waals surface area (Å²) < 4.78 is 2.16. The smallest absolute Gasteiger partial charge is 0.319 e. The molecule has 0 aliphatic rings. The highest BCUT2D eigenvalue weighted by atomic mass is 16.2. The van der Waals surface area contributed by atoms with Gasteiger partial charge in [0.15, 0.2) is 0 Å². The second kappa shape index (κ2) is 6.35. The van der Waals surface area contributed by atoms with E-state index >= 15 is 0 Å². The Labute approximate surface area is 129 Å². The Balaban J connectivity index is 1.66. The normalized spacial score (nSPS) is 10.6. The second-order valence-electron chi connectivity index (χ2n) is 5.17. The Morgan fingerprint density at radius 1 is 1.09 bits per heavy atom. The van der Waals surface area contributed by atoms with E-state index < -0.39 is 0 Å². The van der Waals surface area contributed by atoms with Crippen LogP contribution in [0.5, 0.6) is 0 Å². The van der Waals surface area contributed by atoms with E-state index in [0.29, 0.717) is 6.54 Å². The molecule has 0 saturated carbocycles. The van der Waals surface area contributed by atoms with E-state index in [9.17, 15) is 4.79 Å². The van der Waals surface area contributed by atoms with E-state index in [0.717, 1.165) is 23.3 Å². The molecule has 2 amide bonds. The summed E-state index contributed by atoms with van der Waals surface area (Å²) in [6, 6.07) is 17.7. The molecule has 1 aromatic heterocycles. The number of urea groups is 1. The van der Waals surface area contributed by atoms with Gasteiger partial charge in [-0.05, 0) is 36.1 Å². The molecule has 0 bridgehead atoms. The Morgan fingerprint density at radius 3 is 2.68 bits per heavy atom. The summed E-state index contributed by atoms with van der Waals surface area (Å²) in [5.74, 6) is 0. The SMILES string of the molecule is CCn1ccc2ccc(NC(=O)NCc3ccccc3)cc21. The summed E-state index contributed by atoms with van der Waals surface area (Å²) in [7, 11) is 0. The van der Waals surface area contributed by atoms with Gasteiger partial charge in [-0.25, -0.2) is 4.79 Å². The maximum absolute atomic E-state index is 12.0. The third kappa shape index (κ3) is 3.11. The number of aryl methyl sites for hydroxylation is 1. The third-order valence-corrected chi connectivity index (χ3v) is 3.67. The van der Waals surface area contributed by atoms with Gasteiger partial charge in [0.05, 0.1) is 5.52 Å². The molecule has 2 aromatic carbocycles. The van der Waals surface area contributed by atoms with Crippen LogP contribution in [0.1, 0.15) is 12.5 Å². The standard InChI is InChI=1S/C18H19N3O/c1-2-21-11-10-15-8-9-16(12-17(15)21)20-18(22)19-13-14-6-4-3-5-7-14/h3-12H,2,13H2,1H3,(H2,19,20,22). The summed E-state index contributed by atoms with van der Waals surface area (Å²) in [4.78, 5) is 12.0. The zero-order valence-electron chi connectivity index (χ0n) is 12.5. The Kier molecular flexibility index (Phi) is 4.10. The summed E-state index contributed by atoms with van der Waals surface area (Å²) in [5.41, 5.74) is 3.00. The summed E-state index contributed by atoms with van der Waals surface area (Å²) >= 11 is 0. The molecule has 0 aliphatic heterocycles. The van der Waals surface area contributed by atoms with E-state index in [1.807, 2.05) is 48.5 Å². The summed E-state index contributed by atoms with van der Waals surface area (Å²) in [5, 5.41) is 6.92. The lowest BCUT2D eigenvalue weighted by Gasteiger charge is -2.09. The average Bonchev–Trinajstić information content (AvgIpc) is 2.96. The fraction of sp³-hybridized carbons (Fsp3) is 0.167. The molecule has 4 nitrogen and oxygen atoms in total. The molecule has 0 aliphatic carbocycles. The molecule has 1 heterocycles. The quantitative estimate of drug-likeness (QED) is 0.751. The van der Waals surface area contributed by atoms with Gasteiger partial charge < -0.3 is 15.2 Å². The van der Waals surface area contributed by atoms with Gasteiger partial charge in [-0.3, -0.25) is 0 Å². The van der Waals surface area contributed by atoms with E-state index in [-0.39, 0.29) is 6.03 Å². The van der Waals surface area contributed by atoms with Gasteiger partial charge in [-0.2, -0.15) is 0 Å². The average molecular weight is 293 g/mol. The van der Waals surface area contributed by atoms with Gasteiger partial charge in [-0.15, -0.1) is 0 Å². The molecule has 0 spiro atoms. The number of fused-ring (bicyclic) bond motifs is 1. The Hall–Kier alpha value is -2.75. The first-order valence-corrected chi connectivity index (χ1v) is 7.44. The van der Waals surface area contributed by atoms with Crippen LogP contribution in [0.2, 0.25) is 0 Å². The van der Waals surface area contributed by atoms with Crippen LogP contribution in [0.25, 0.3) is 10.9 Å². The molecular weight excluding hydrogens is 274 g/mol. The molecule has 112 valence electrons. The van der Waals surface area contributed by atoms with Gasteiger partial charge in [0.1, 0.15) is 0 Å². The van der Waals surface area contributed by atoms with Crippen molar-refractivity contribution in [1.29, 1.82) is 0 Å². The van der Waals surface area contributed by atoms with Crippen molar-refractivity contribution in [2.24, 2.45) is 0 Å². The summed E-state index contributed by atoms with van der Waals surface area (Å²) in [6.07, 6.45) is 2.06. The van der Waals surface area contributed by atoms with Gasteiger partial charge >= 0.3 is 6.03 Å². The third-order valence-electron chi connectivity index (χ3n) is 3.67. The predicted molar refractivity (Wildman–Crippen MR) is 89.9 cm³/mol. The van der Waals surface area contributed by atoms with Gasteiger partial charge in [0.2, 0.25) is 0 Å². The van der Waals surface area contributed by atoms with Crippen LogP contribution in [0, 0.1) is 0 Å². The molecule has 4 heteroatoms. The number of hydrogen-bond acceptors (Lipinski definition) is 1. The van der Waals surface area contributed by atoms with Crippen molar-refractivity contribution >= 4 is 22.6 Å². The van der Waals surface area contributed by atoms with Crippen molar-refractivity contribution in [3.8, 4) is 0 Å². The van der Waals surface area contributed by atoms with Crippen LogP contribution in [0.15, 0.2) is 60.8 Å². The molecule has 0 saturated heterocycles. The first-order valence-electron chi connectivity index (χ1n) is 7.44. The molecule has 0 atom stereocenters. The fourth-order valence-corrected chi connectivity index (χ4v) is 2.49. The van der Waals surface area contributed by atoms with Gasteiger partial charge in [0, 0.05) is 25.0 Å². The van der Waals surface area contributed by atoms with E-state index in [1.165, 1.54) is 5.39 Å². The van der Waals surface area contributed by atoms with Crippen LogP contribution < -0.4 is 10.6 Å². The number of aromatic nitrogens is 1. The van der Waals surface area contributed by atoms with Gasteiger partial charge in [-0.1, -0.05) is 36.4 Å². The van der Waals surface area contributed by atoms with Crippen LogP contribution in [-0.4, -0.2) is 10.6 Å². The lowest BCUT2D eigenvalue weighted by molar-refractivity contribution is 0.251. The predicted octanol–water partition coefficient (Wildman–Crippen LogP) is 3.98. The highest BCUT2D eigenvalue weighted by Gasteiger charge is 2.05. The monoisotopic (exact) mass is 293 g/mol. The van der Waals surface area contributed by atoms with Gasteiger partial charge in [0.25, 0.3) is 0 Å². The first-order chi connectivity index (χ1) is 10.8. The summed E-state index contributed by atoms with van der Waals surface area (Å²) in [6.45, 7) is 3.53. The largest absolute Gasteiger partial charge is 0.348 e. The van der Waals surface area contributed by atoms with Crippen LogP contribution in [-0.2, 0) is 13.1 Å². The molecule has 3 rings (SSSR count). The van der Waals surface area contributed by atoms with Crippen molar-refractivity contribution < 1.29 is 4.79 Å². The first kappa shape index (κ1) is 14.2. The van der Waals surface area contributed by atoms with Crippen molar-refractivity contribution in [3.05, 3.63) is 66.4 Å². The number of carbonyl (C=O) groups is 1. The highest BCUT2D eigenvalue weighted by molar-refractivity contribution is 5.92. The maximum Gasteiger partial charge on any atom is 0.319 e. The van der Waals surface area contributed by atoms with E-state index in [1.54, 1.807) is 0 Å². The number of hydrogen-bond donors (Lipinski definition) is 2. The molecule has 2 N–H and O–H groups in total. The number of rotatable bonds is 4. The minimum absolute atomic E-state index is 0.196. The minimum Gasteiger partial charge on any atom is -0.348 e. The Bertz CT molecular complexity index is 777. The van der Waals surface area contributed by atoms with Crippen LogP contribution in [0.3, 0.4) is 0 Å². The molecular formula is C18H19N3O.